The van der Waals surface area contributed by atoms with E-state index in [0.717, 1.165) is 31.5 Å². The molecule has 1 aromatic heterocycles. The van der Waals surface area contributed by atoms with Crippen LogP contribution in [0, 0.1) is 6.92 Å². The first-order chi connectivity index (χ1) is 19.9. The zero-order chi connectivity index (χ0) is 30.2. The molecule has 1 amide bonds. The number of rotatable bonds is 7. The molecule has 2 aliphatic rings. The molecule has 3 N–H and O–H groups in total. The number of aliphatic hydroxyl groups is 1. The first-order valence-electron chi connectivity index (χ1n) is 13.5. The molecule has 3 heterocycles. The lowest BCUT2D eigenvalue weighted by Crippen LogP contribution is -2.43. The summed E-state index contributed by atoms with van der Waals surface area (Å²) in [4.78, 5) is 24.8. The fourth-order valence-electron chi connectivity index (χ4n) is 5.22. The van der Waals surface area contributed by atoms with Gasteiger partial charge in [-0.15, -0.1) is 0 Å². The highest BCUT2D eigenvalue weighted by atomic mass is 19.4. The summed E-state index contributed by atoms with van der Waals surface area (Å²) in [5.74, 6) is -0.777. The fourth-order valence-corrected chi connectivity index (χ4v) is 5.22. The second kappa shape index (κ2) is 11.7. The molecular weight excluding hydrogens is 553 g/mol. The molecular formula is C29H33F3N6O4. The minimum atomic E-state index is -4.79. The molecule has 1 unspecified atom stereocenters. The zero-order valence-electron chi connectivity index (χ0n) is 23.7. The van der Waals surface area contributed by atoms with Crippen molar-refractivity contribution < 1.29 is 32.5 Å². The summed E-state index contributed by atoms with van der Waals surface area (Å²) in [6.45, 7) is 3.98. The molecule has 10 nitrogen and oxygen atoms in total. The van der Waals surface area contributed by atoms with Crippen LogP contribution in [-0.4, -0.2) is 71.1 Å². The molecule has 1 atom stereocenters. The van der Waals surface area contributed by atoms with Crippen LogP contribution >= 0.6 is 0 Å². The number of benzene rings is 2. The molecule has 2 aromatic carbocycles. The van der Waals surface area contributed by atoms with Crippen molar-refractivity contribution in [3.63, 3.8) is 0 Å². The Kier molecular flexibility index (Phi) is 8.26. The quantitative estimate of drug-likeness (QED) is 0.366. The Morgan fingerprint density at radius 3 is 2.57 bits per heavy atom. The van der Waals surface area contributed by atoms with Crippen LogP contribution in [-0.2, 0) is 12.7 Å². The number of aliphatic hydroxyl groups excluding tert-OH is 1. The molecule has 3 aromatic rings. The second-order valence-corrected chi connectivity index (χ2v) is 10.7. The molecule has 42 heavy (non-hydrogen) atoms. The number of aryl methyl sites for hydroxylation is 1. The minimum Gasteiger partial charge on any atom is -0.495 e. The van der Waals surface area contributed by atoms with Gasteiger partial charge in [0.25, 0.3) is 5.91 Å². The molecule has 0 aliphatic carbocycles. The Hall–Kier alpha value is -3.94. The van der Waals surface area contributed by atoms with Gasteiger partial charge in [0.15, 0.2) is 0 Å². The number of hydrogen-bond acceptors (Lipinski definition) is 9. The van der Waals surface area contributed by atoms with Gasteiger partial charge in [-0.1, -0.05) is 12.1 Å². The van der Waals surface area contributed by atoms with Gasteiger partial charge in [0, 0.05) is 29.9 Å². The summed E-state index contributed by atoms with van der Waals surface area (Å²) < 4.78 is 52.9. The van der Waals surface area contributed by atoms with Gasteiger partial charge in [0.05, 0.1) is 12.8 Å². The Labute approximate surface area is 241 Å². The number of nitrogens with one attached hydrogen (secondary N) is 2. The van der Waals surface area contributed by atoms with E-state index < -0.39 is 23.8 Å². The normalized spacial score (nSPS) is 18.0. The smallest absolute Gasteiger partial charge is 0.423 e. The molecule has 0 radical (unpaired) electrons. The number of methoxy groups -OCH3 is 1. The number of nitrogens with zero attached hydrogens (tertiary/aromatic N) is 4. The molecule has 0 bridgehead atoms. The molecule has 5 rings (SSSR count). The van der Waals surface area contributed by atoms with E-state index in [1.54, 1.807) is 43.1 Å². The molecule has 1 saturated heterocycles. The van der Waals surface area contributed by atoms with Gasteiger partial charge in [0.2, 0.25) is 11.8 Å². The summed E-state index contributed by atoms with van der Waals surface area (Å²) in [7, 11) is 5.17. The number of fused-ring (bicyclic) bond motifs is 1. The number of carbonyl (C=O) groups is 1. The molecule has 2 aliphatic heterocycles. The number of piperidine rings is 1. The van der Waals surface area contributed by atoms with Gasteiger partial charge in [-0.25, -0.2) is 4.98 Å². The monoisotopic (exact) mass is 586 g/mol. The van der Waals surface area contributed by atoms with Crippen LogP contribution < -0.4 is 20.1 Å². The van der Waals surface area contributed by atoms with E-state index in [0.29, 0.717) is 35.1 Å². The predicted octanol–water partition coefficient (Wildman–Crippen LogP) is 4.61. The number of ether oxygens (including phenoxy) is 2. The van der Waals surface area contributed by atoms with E-state index in [-0.39, 0.29) is 29.4 Å². The number of aromatic nitrogens is 2. The number of carbonyl (C=O) groups excluding carboxylic acids is 1. The van der Waals surface area contributed by atoms with Crippen LogP contribution in [0.1, 0.15) is 51.7 Å². The number of halogens is 3. The van der Waals surface area contributed by atoms with Crippen LogP contribution in [0.5, 0.6) is 17.4 Å². The summed E-state index contributed by atoms with van der Waals surface area (Å²) in [5.41, 5.74) is 1.36. The average Bonchev–Trinajstić information content (AvgIpc) is 3.23. The lowest BCUT2D eigenvalue weighted by molar-refractivity contribution is -0.139. The maximum atomic E-state index is 13.9. The van der Waals surface area contributed by atoms with Crippen molar-refractivity contribution in [1.82, 2.24) is 25.1 Å². The van der Waals surface area contributed by atoms with E-state index >= 15 is 0 Å². The number of likely N-dealkylation sites (tertiary alicyclic amines) is 1. The maximum Gasteiger partial charge on any atom is 0.423 e. The van der Waals surface area contributed by atoms with Crippen molar-refractivity contribution in [1.29, 1.82) is 0 Å². The summed E-state index contributed by atoms with van der Waals surface area (Å²) in [6.07, 6.45) is -3.48. The minimum absolute atomic E-state index is 0.0629. The van der Waals surface area contributed by atoms with Crippen molar-refractivity contribution in [3.05, 3.63) is 64.3 Å². The van der Waals surface area contributed by atoms with Gasteiger partial charge < -0.3 is 30.1 Å². The van der Waals surface area contributed by atoms with Crippen LogP contribution in [0.25, 0.3) is 0 Å². The van der Waals surface area contributed by atoms with E-state index in [2.05, 4.69) is 25.5 Å². The second-order valence-electron chi connectivity index (χ2n) is 10.7. The first-order valence-corrected chi connectivity index (χ1v) is 13.5. The number of anilines is 2. The van der Waals surface area contributed by atoms with Gasteiger partial charge in [-0.05, 0) is 76.3 Å². The van der Waals surface area contributed by atoms with Crippen molar-refractivity contribution in [2.75, 3.05) is 39.6 Å². The predicted molar refractivity (Wildman–Crippen MR) is 149 cm³/mol. The first kappa shape index (κ1) is 29.5. The number of alkyl halides is 3. The Morgan fingerprint density at radius 1 is 1.14 bits per heavy atom. The van der Waals surface area contributed by atoms with E-state index in [9.17, 15) is 23.1 Å². The van der Waals surface area contributed by atoms with E-state index in [1.165, 1.54) is 13.2 Å². The van der Waals surface area contributed by atoms with Crippen LogP contribution in [0.4, 0.5) is 24.8 Å². The maximum absolute atomic E-state index is 13.9. The van der Waals surface area contributed by atoms with Crippen molar-refractivity contribution >= 4 is 17.5 Å². The SMILES string of the molecule is COc1cc(C(=O)NC2CCN(C)CC2)c(C)cc1Nc1ncc(C(F)(F)F)c(Oc2cccc3c2C(O)N(C)C3)n1. The van der Waals surface area contributed by atoms with Crippen LogP contribution in [0.3, 0.4) is 0 Å². The summed E-state index contributed by atoms with van der Waals surface area (Å²) in [5, 5.41) is 16.6. The highest BCUT2D eigenvalue weighted by molar-refractivity contribution is 5.97. The lowest BCUT2D eigenvalue weighted by Gasteiger charge is -2.29. The molecule has 0 spiro atoms. The molecule has 224 valence electrons. The molecule has 0 saturated carbocycles. The standard InChI is InChI=1S/C29H33F3N6O4/c1-16-12-21(23(41-4)13-19(16)25(39)34-18-8-10-37(2)11-9-18)35-28-33-14-20(29(30,31)32)26(36-28)42-22-7-5-6-17-15-38(3)27(40)24(17)22/h5-7,12-14,18,27,40H,8-11,15H2,1-4H3,(H,34,39)(H,33,35,36). The van der Waals surface area contributed by atoms with Crippen molar-refractivity contribution in [2.45, 2.75) is 44.8 Å². The largest absolute Gasteiger partial charge is 0.495 e. The van der Waals surface area contributed by atoms with Crippen molar-refractivity contribution in [3.8, 4) is 17.4 Å². The van der Waals surface area contributed by atoms with E-state index in [1.807, 2.05) is 7.05 Å². The van der Waals surface area contributed by atoms with Crippen molar-refractivity contribution in [2.24, 2.45) is 0 Å². The highest BCUT2D eigenvalue weighted by Crippen LogP contribution is 2.42. The summed E-state index contributed by atoms with van der Waals surface area (Å²) in [6, 6.07) is 8.21. The fraction of sp³-hybridized carbons (Fsp3) is 0.414. The van der Waals surface area contributed by atoms with Gasteiger partial charge in [-0.2, -0.15) is 18.2 Å². The topological polar surface area (TPSA) is 112 Å². The zero-order valence-corrected chi connectivity index (χ0v) is 23.7. The van der Waals surface area contributed by atoms with Gasteiger partial charge >= 0.3 is 6.18 Å². The lowest BCUT2D eigenvalue weighted by atomic mass is 10.0. The van der Waals surface area contributed by atoms with Crippen LogP contribution in [0.2, 0.25) is 0 Å². The van der Waals surface area contributed by atoms with Gasteiger partial charge in [0.1, 0.15) is 23.3 Å². The Morgan fingerprint density at radius 2 is 1.88 bits per heavy atom. The molecule has 1 fully saturated rings. The number of hydrogen-bond donors (Lipinski definition) is 3. The Balaban J connectivity index is 1.42. The molecule has 13 heteroatoms. The van der Waals surface area contributed by atoms with Gasteiger partial charge in [-0.3, -0.25) is 9.69 Å². The van der Waals surface area contributed by atoms with Crippen LogP contribution in [0.15, 0.2) is 36.5 Å². The average molecular weight is 587 g/mol. The summed E-state index contributed by atoms with van der Waals surface area (Å²) >= 11 is 0. The third-order valence-electron chi connectivity index (χ3n) is 7.61. The third kappa shape index (κ3) is 6.13. The third-order valence-corrected chi connectivity index (χ3v) is 7.61. The number of amides is 1. The van der Waals surface area contributed by atoms with E-state index in [4.69, 9.17) is 9.47 Å². The highest BCUT2D eigenvalue weighted by Gasteiger charge is 2.38. The Bertz CT molecular complexity index is 1480.